The van der Waals surface area contributed by atoms with E-state index in [0.717, 1.165) is 0 Å². The molecule has 2 aromatic carbocycles. The van der Waals surface area contributed by atoms with Gasteiger partial charge < -0.3 is 4.74 Å². The van der Waals surface area contributed by atoms with Gasteiger partial charge in [0.1, 0.15) is 0 Å². The molecule has 0 fully saturated rings. The van der Waals surface area contributed by atoms with Crippen LogP contribution in [-0.4, -0.2) is 30.9 Å². The zero-order chi connectivity index (χ0) is 18.5. The van der Waals surface area contributed by atoms with Gasteiger partial charge in [0.2, 0.25) is 20.0 Å². The molecule has 0 amide bonds. The number of nitrogens with one attached hydrogen (secondary N) is 2. The average molecular weight is 384 g/mol. The van der Waals surface area contributed by atoms with Crippen LogP contribution in [0.25, 0.3) is 0 Å². The fourth-order valence-electron chi connectivity index (χ4n) is 2.21. The number of sulfonamides is 2. The van der Waals surface area contributed by atoms with Crippen molar-refractivity contribution in [3.63, 3.8) is 0 Å². The highest BCUT2D eigenvalue weighted by atomic mass is 32.2. The normalized spacial score (nSPS) is 14.8. The van der Waals surface area contributed by atoms with Crippen LogP contribution in [0.4, 0.5) is 0 Å². The highest BCUT2D eigenvalue weighted by Crippen LogP contribution is 2.33. The molecular weight excluding hydrogens is 364 g/mol. The third-order valence-corrected chi connectivity index (χ3v) is 6.56. The van der Waals surface area contributed by atoms with Crippen LogP contribution in [-0.2, 0) is 24.8 Å². The minimum atomic E-state index is -3.95. The van der Waals surface area contributed by atoms with E-state index in [1.165, 1.54) is 14.1 Å². The number of hydrogen-bond donors (Lipinski definition) is 2. The minimum Gasteiger partial charge on any atom is -0.331 e. The molecule has 0 spiro atoms. The number of hydrogen-bond acceptors (Lipinski definition) is 5. The summed E-state index contributed by atoms with van der Waals surface area (Å²) in [6, 6.07) is 16.3. The Kier molecular flexibility index (Phi) is 6.31. The summed E-state index contributed by atoms with van der Waals surface area (Å²) in [6.07, 6.45) is 0. The fourth-order valence-corrected chi connectivity index (χ4v) is 4.25. The van der Waals surface area contributed by atoms with Gasteiger partial charge in [-0.05, 0) is 25.2 Å². The van der Waals surface area contributed by atoms with Crippen LogP contribution < -0.4 is 9.44 Å². The molecule has 2 atom stereocenters. The van der Waals surface area contributed by atoms with Crippen molar-refractivity contribution >= 4 is 20.0 Å². The van der Waals surface area contributed by atoms with Gasteiger partial charge in [0.25, 0.3) is 0 Å². The molecule has 136 valence electrons. The van der Waals surface area contributed by atoms with E-state index >= 15 is 0 Å². The van der Waals surface area contributed by atoms with E-state index in [9.17, 15) is 16.8 Å². The smallest absolute Gasteiger partial charge is 0.242 e. The summed E-state index contributed by atoms with van der Waals surface area (Å²) in [4.78, 5) is 0. The molecule has 25 heavy (non-hydrogen) atoms. The van der Waals surface area contributed by atoms with E-state index in [4.69, 9.17) is 4.74 Å². The minimum absolute atomic E-state index is 0.323. The summed E-state index contributed by atoms with van der Waals surface area (Å²) in [5, 5.41) is 0. The Balaban J connectivity index is 2.53. The maximum Gasteiger partial charge on any atom is 0.242 e. The summed E-state index contributed by atoms with van der Waals surface area (Å²) in [6.45, 7) is 0. The zero-order valence-electron chi connectivity index (χ0n) is 13.8. The predicted octanol–water partition coefficient (Wildman–Crippen LogP) is 1.50. The van der Waals surface area contributed by atoms with E-state index < -0.39 is 30.9 Å². The second-order valence-corrected chi connectivity index (χ2v) is 8.97. The lowest BCUT2D eigenvalue weighted by Crippen LogP contribution is -2.33. The molecule has 2 N–H and O–H groups in total. The molecule has 0 saturated carbocycles. The first kappa shape index (κ1) is 19.5. The predicted molar refractivity (Wildman–Crippen MR) is 95.4 cm³/mol. The number of benzene rings is 2. The summed E-state index contributed by atoms with van der Waals surface area (Å²) in [5.41, 5.74) is -2.34. The Hall–Kier alpha value is -1.78. The molecule has 2 unspecified atom stereocenters. The molecule has 0 aromatic heterocycles. The summed E-state index contributed by atoms with van der Waals surface area (Å²) in [7, 11) is -5.40. The van der Waals surface area contributed by atoms with Crippen molar-refractivity contribution in [3.8, 4) is 0 Å². The Labute approximate surface area is 148 Å². The van der Waals surface area contributed by atoms with Gasteiger partial charge >= 0.3 is 0 Å². The van der Waals surface area contributed by atoms with Crippen molar-refractivity contribution in [2.75, 3.05) is 14.1 Å². The maximum absolute atomic E-state index is 12.4. The molecule has 9 heteroatoms. The molecule has 0 aliphatic carbocycles. The van der Waals surface area contributed by atoms with E-state index in [-0.39, 0.29) is 0 Å². The molecule has 0 saturated heterocycles. The molecule has 7 nitrogen and oxygen atoms in total. The Bertz CT molecular complexity index is 809. The van der Waals surface area contributed by atoms with E-state index in [0.29, 0.717) is 11.1 Å². The van der Waals surface area contributed by atoms with Crippen LogP contribution in [0.2, 0.25) is 0 Å². The SMILES string of the molecule is CNS(=O)(=O)C(OC(c1ccccc1)S(=O)(=O)NC)c1ccccc1. The molecular formula is C16H20N2O5S2. The van der Waals surface area contributed by atoms with Gasteiger partial charge in [-0.3, -0.25) is 0 Å². The third-order valence-electron chi connectivity index (χ3n) is 3.52. The number of ether oxygens (including phenoxy) is 1. The zero-order valence-corrected chi connectivity index (χ0v) is 15.4. The van der Waals surface area contributed by atoms with Crippen LogP contribution in [0.3, 0.4) is 0 Å². The highest BCUT2D eigenvalue weighted by molar-refractivity contribution is 7.90. The standard InChI is InChI=1S/C16H20N2O5S2/c1-17-24(19,20)15(13-9-5-3-6-10-13)23-16(25(21,22)18-2)14-11-7-4-8-12-14/h3-12,15-18H,1-2H3. The Morgan fingerprint density at radius 2 is 1.00 bits per heavy atom. The van der Waals surface area contributed by atoms with Crippen LogP contribution in [0.5, 0.6) is 0 Å². The molecule has 2 rings (SSSR count). The Morgan fingerprint density at radius 3 is 1.28 bits per heavy atom. The van der Waals surface area contributed by atoms with E-state index in [1.54, 1.807) is 60.7 Å². The van der Waals surface area contributed by atoms with Gasteiger partial charge in [-0.2, -0.15) is 0 Å². The second-order valence-electron chi connectivity index (χ2n) is 5.12. The lowest BCUT2D eigenvalue weighted by molar-refractivity contribution is 0.0769. The van der Waals surface area contributed by atoms with Gasteiger partial charge in [0, 0.05) is 0 Å². The first-order chi connectivity index (χ1) is 11.8. The van der Waals surface area contributed by atoms with Gasteiger partial charge in [-0.25, -0.2) is 26.3 Å². The third kappa shape index (κ3) is 4.65. The monoisotopic (exact) mass is 384 g/mol. The molecule has 2 aromatic rings. The van der Waals surface area contributed by atoms with Crippen LogP contribution in [0.1, 0.15) is 22.0 Å². The van der Waals surface area contributed by atoms with Crippen molar-refractivity contribution in [2.24, 2.45) is 0 Å². The van der Waals surface area contributed by atoms with Crippen molar-refractivity contribution in [1.82, 2.24) is 9.44 Å². The first-order valence-electron chi connectivity index (χ1n) is 7.42. The lowest BCUT2D eigenvalue weighted by atomic mass is 10.2. The quantitative estimate of drug-likeness (QED) is 0.718. The second kappa shape index (κ2) is 8.07. The van der Waals surface area contributed by atoms with E-state index in [2.05, 4.69) is 9.44 Å². The molecule has 0 aliphatic heterocycles. The maximum atomic E-state index is 12.4. The highest BCUT2D eigenvalue weighted by Gasteiger charge is 2.36. The first-order valence-corrected chi connectivity index (χ1v) is 10.5. The van der Waals surface area contributed by atoms with Crippen molar-refractivity contribution in [3.05, 3.63) is 71.8 Å². The van der Waals surface area contributed by atoms with Crippen LogP contribution in [0.15, 0.2) is 60.7 Å². The van der Waals surface area contributed by atoms with Crippen molar-refractivity contribution < 1.29 is 21.6 Å². The molecule has 0 heterocycles. The largest absolute Gasteiger partial charge is 0.331 e. The van der Waals surface area contributed by atoms with Crippen molar-refractivity contribution in [2.45, 2.75) is 10.9 Å². The van der Waals surface area contributed by atoms with Gasteiger partial charge in [0.15, 0.2) is 10.9 Å². The fraction of sp³-hybridized carbons (Fsp3) is 0.250. The van der Waals surface area contributed by atoms with Crippen LogP contribution >= 0.6 is 0 Å². The Morgan fingerprint density at radius 1 is 0.680 bits per heavy atom. The van der Waals surface area contributed by atoms with Gasteiger partial charge in [0.05, 0.1) is 0 Å². The average Bonchev–Trinajstić information content (AvgIpc) is 2.63. The lowest BCUT2D eigenvalue weighted by Gasteiger charge is -2.25. The molecule has 0 aliphatic rings. The van der Waals surface area contributed by atoms with E-state index in [1.807, 2.05) is 0 Å². The summed E-state index contributed by atoms with van der Waals surface area (Å²) in [5.74, 6) is 0. The molecule has 0 radical (unpaired) electrons. The molecule has 0 bridgehead atoms. The van der Waals surface area contributed by atoms with Gasteiger partial charge in [-0.15, -0.1) is 0 Å². The van der Waals surface area contributed by atoms with Gasteiger partial charge in [-0.1, -0.05) is 60.7 Å². The number of rotatable bonds is 8. The topological polar surface area (TPSA) is 102 Å². The van der Waals surface area contributed by atoms with Crippen molar-refractivity contribution in [1.29, 1.82) is 0 Å². The van der Waals surface area contributed by atoms with Crippen LogP contribution in [0, 0.1) is 0 Å². The summed E-state index contributed by atoms with van der Waals surface area (Å²) >= 11 is 0. The summed E-state index contributed by atoms with van der Waals surface area (Å²) < 4.78 is 59.8.